The van der Waals surface area contributed by atoms with Crippen LogP contribution in [-0.4, -0.2) is 53.7 Å². The van der Waals surface area contributed by atoms with E-state index in [0.717, 1.165) is 10.3 Å². The van der Waals surface area contributed by atoms with Crippen LogP contribution in [0.15, 0.2) is 37.5 Å². The molecule has 12 heteroatoms. The molecule has 0 aliphatic carbocycles. The first kappa shape index (κ1) is 24.9. The molecule has 2 unspecified atom stereocenters. The number of hydrogen-bond donors (Lipinski definition) is 2. The number of hydrogen-bond acceptors (Lipinski definition) is 6. The maximum atomic E-state index is 14.2. The van der Waals surface area contributed by atoms with Crippen LogP contribution in [0.3, 0.4) is 0 Å². The average Bonchev–Trinajstić information content (AvgIpc) is 3.13. The van der Waals surface area contributed by atoms with Gasteiger partial charge in [0.15, 0.2) is 0 Å². The molecule has 1 N–H and O–H groups in total. The van der Waals surface area contributed by atoms with Gasteiger partial charge in [0.05, 0.1) is 28.8 Å². The number of piperazine rings is 1. The summed E-state index contributed by atoms with van der Waals surface area (Å²) >= 11 is 7.63. The second kappa shape index (κ2) is 9.26. The van der Waals surface area contributed by atoms with Gasteiger partial charge in [-0.1, -0.05) is 11.6 Å². The Bertz CT molecular complexity index is 1320. The number of rotatable bonds is 3. The molecule has 190 valence electrons. The zero-order chi connectivity index (χ0) is 25.1. The molecule has 5 rings (SSSR count). The van der Waals surface area contributed by atoms with E-state index in [9.17, 15) is 18.0 Å². The summed E-state index contributed by atoms with van der Waals surface area (Å²) < 4.78 is 50.5. The summed E-state index contributed by atoms with van der Waals surface area (Å²) in [5.41, 5.74) is -0.701. The molecule has 35 heavy (non-hydrogen) atoms. The van der Waals surface area contributed by atoms with Crippen molar-refractivity contribution in [2.45, 2.75) is 53.9 Å². The molecule has 2 aliphatic heterocycles. The number of ether oxygens (including phenoxy) is 1. The van der Waals surface area contributed by atoms with Crippen molar-refractivity contribution in [3.63, 3.8) is 0 Å². The lowest BCUT2D eigenvalue weighted by atomic mass is 10.1. The van der Waals surface area contributed by atoms with Crippen LogP contribution in [-0.2, 0) is 17.5 Å². The van der Waals surface area contributed by atoms with Crippen molar-refractivity contribution < 1.29 is 17.9 Å². The number of anilines is 1. The molecule has 0 bridgehead atoms. The van der Waals surface area contributed by atoms with Crippen molar-refractivity contribution in [2.75, 3.05) is 30.9 Å². The quantitative estimate of drug-likeness (QED) is 0.464. The number of nitrogens with zero attached hydrogens (tertiary/aromatic N) is 3. The summed E-state index contributed by atoms with van der Waals surface area (Å²) in [4.78, 5) is 20.1. The maximum absolute atomic E-state index is 14.2. The van der Waals surface area contributed by atoms with Gasteiger partial charge in [-0.05, 0) is 32.0 Å². The van der Waals surface area contributed by atoms with Gasteiger partial charge in [0.1, 0.15) is 5.82 Å². The van der Waals surface area contributed by atoms with Crippen LogP contribution in [0.1, 0.15) is 19.4 Å². The Kier molecular flexibility index (Phi) is 6.58. The van der Waals surface area contributed by atoms with E-state index in [2.05, 4.69) is 10.3 Å². The molecule has 4 heterocycles. The number of benzene rings is 1. The Morgan fingerprint density at radius 2 is 1.91 bits per heavy atom. The molecule has 1 aromatic carbocycles. The van der Waals surface area contributed by atoms with E-state index >= 15 is 0 Å². The molecular weight excluding hydrogens is 521 g/mol. The van der Waals surface area contributed by atoms with Gasteiger partial charge < -0.3 is 15.0 Å². The highest BCUT2D eigenvalue weighted by molar-refractivity contribution is 8.18. The summed E-state index contributed by atoms with van der Waals surface area (Å²) in [5.74, 6) is 0.792. The average molecular weight is 547 g/mol. The van der Waals surface area contributed by atoms with E-state index < -0.39 is 28.3 Å². The van der Waals surface area contributed by atoms with Crippen molar-refractivity contribution in [3.05, 3.63) is 44.6 Å². The predicted molar refractivity (Wildman–Crippen MR) is 136 cm³/mol. The Labute approximate surface area is 212 Å². The minimum absolute atomic E-state index is 0.0993. The third kappa shape index (κ3) is 4.69. The molecule has 1 saturated heterocycles. The second-order valence-corrected chi connectivity index (χ2v) is 13.0. The fourth-order valence-electron chi connectivity index (χ4n) is 5.03. The van der Waals surface area contributed by atoms with Crippen LogP contribution >= 0.6 is 33.8 Å². The Morgan fingerprint density at radius 3 is 2.51 bits per heavy atom. The molecule has 1 fully saturated rings. The van der Waals surface area contributed by atoms with Crippen molar-refractivity contribution in [2.24, 2.45) is 0 Å². The summed E-state index contributed by atoms with van der Waals surface area (Å²) in [6.45, 7) is 5.32. The number of halogens is 4. The molecule has 3 aromatic rings. The highest BCUT2D eigenvalue weighted by atomic mass is 35.5. The third-order valence-electron chi connectivity index (χ3n) is 6.43. The SMILES string of the molecule is COC1Cn2c(=O)nc(N3C[C@@H](C)N[C@@H](C)C3)c3cc(C(F)(F)F)cc(c32)[SH](c2cc(Cl)cs2)C1. The summed E-state index contributed by atoms with van der Waals surface area (Å²) in [7, 11) is 0.304. The number of nitrogens with one attached hydrogen (secondary N) is 1. The largest absolute Gasteiger partial charge is 0.416 e. The summed E-state index contributed by atoms with van der Waals surface area (Å²) in [6.07, 6.45) is -4.90. The lowest BCUT2D eigenvalue weighted by Crippen LogP contribution is -2.55. The molecule has 2 aromatic heterocycles. The Balaban J connectivity index is 1.84. The topological polar surface area (TPSA) is 59.4 Å². The van der Waals surface area contributed by atoms with E-state index in [1.165, 1.54) is 22.0 Å². The third-order valence-corrected chi connectivity index (χ3v) is 10.8. The van der Waals surface area contributed by atoms with Gasteiger partial charge in [-0.25, -0.2) is 4.79 Å². The Hall–Kier alpha value is -1.79. The van der Waals surface area contributed by atoms with Crippen LogP contribution in [0.5, 0.6) is 0 Å². The van der Waals surface area contributed by atoms with Gasteiger partial charge in [-0.15, -0.1) is 11.3 Å². The first-order valence-electron chi connectivity index (χ1n) is 11.3. The number of alkyl halides is 3. The fraction of sp³-hybridized carbons (Fsp3) is 0.478. The first-order chi connectivity index (χ1) is 16.5. The van der Waals surface area contributed by atoms with Crippen molar-refractivity contribution in [1.82, 2.24) is 14.9 Å². The first-order valence-corrected chi connectivity index (χ1v) is 14.0. The van der Waals surface area contributed by atoms with E-state index in [1.54, 1.807) is 12.5 Å². The minimum atomic E-state index is -4.55. The minimum Gasteiger partial charge on any atom is -0.379 e. The van der Waals surface area contributed by atoms with Crippen LogP contribution in [0.25, 0.3) is 10.9 Å². The lowest BCUT2D eigenvalue weighted by molar-refractivity contribution is -0.137. The molecule has 6 nitrogen and oxygen atoms in total. The predicted octanol–water partition coefficient (Wildman–Crippen LogP) is 4.76. The van der Waals surface area contributed by atoms with Gasteiger partial charge in [0.2, 0.25) is 0 Å². The van der Waals surface area contributed by atoms with E-state index in [4.69, 9.17) is 16.3 Å². The number of aromatic nitrogens is 2. The molecule has 0 amide bonds. The van der Waals surface area contributed by atoms with Crippen LogP contribution in [0.4, 0.5) is 19.0 Å². The highest BCUT2D eigenvalue weighted by Gasteiger charge is 2.36. The molecule has 2 aliphatic rings. The second-order valence-electron chi connectivity index (χ2n) is 9.16. The molecule has 0 saturated carbocycles. The molecule has 4 atom stereocenters. The zero-order valence-corrected chi connectivity index (χ0v) is 21.9. The van der Waals surface area contributed by atoms with E-state index in [1.807, 2.05) is 24.8 Å². The summed E-state index contributed by atoms with van der Waals surface area (Å²) in [5, 5.41) is 6.10. The molecular formula is C23H26ClF3N4O2S2. The van der Waals surface area contributed by atoms with Crippen LogP contribution in [0.2, 0.25) is 5.02 Å². The standard InChI is InChI=1S/C23H26ClF3N4O2S2/c1-12-7-30(8-13(2)28-12)21-17-4-14(23(25,26)27)5-18-20(17)31(22(32)29-21)9-16(33-3)11-35(18)19-6-15(24)10-34-19/h4-6,10,12-13,16,28,35H,7-9,11H2,1-3H3/t12-,13+,16?. The van der Waals surface area contributed by atoms with Gasteiger partial charge in [-0.2, -0.15) is 29.1 Å². The van der Waals surface area contributed by atoms with Crippen molar-refractivity contribution in [1.29, 1.82) is 0 Å². The molecule has 0 radical (unpaired) electrons. The van der Waals surface area contributed by atoms with E-state index in [0.29, 0.717) is 45.5 Å². The normalized spacial score (nSPS) is 26.2. The van der Waals surface area contributed by atoms with Gasteiger partial charge in [0.25, 0.3) is 0 Å². The van der Waals surface area contributed by atoms with Gasteiger partial charge >= 0.3 is 11.9 Å². The lowest BCUT2D eigenvalue weighted by Gasteiger charge is -2.37. The summed E-state index contributed by atoms with van der Waals surface area (Å²) in [6, 6.07) is 4.37. The van der Waals surface area contributed by atoms with Crippen LogP contribution < -0.4 is 15.9 Å². The monoisotopic (exact) mass is 546 g/mol. The fourth-order valence-corrected chi connectivity index (χ4v) is 9.46. The van der Waals surface area contributed by atoms with Crippen LogP contribution in [0, 0.1) is 0 Å². The van der Waals surface area contributed by atoms with Gasteiger partial charge in [0, 0.05) is 57.9 Å². The van der Waals surface area contributed by atoms with E-state index in [-0.39, 0.29) is 24.7 Å². The maximum Gasteiger partial charge on any atom is 0.416 e. The number of methoxy groups -OCH3 is 1. The number of thiophene rings is 1. The molecule has 0 spiro atoms. The van der Waals surface area contributed by atoms with Crippen molar-refractivity contribution >= 4 is 50.6 Å². The zero-order valence-electron chi connectivity index (χ0n) is 19.4. The number of thiol groups is 1. The van der Waals surface area contributed by atoms with Crippen molar-refractivity contribution in [3.8, 4) is 0 Å². The smallest absolute Gasteiger partial charge is 0.379 e. The van der Waals surface area contributed by atoms with Gasteiger partial charge in [-0.3, -0.25) is 4.57 Å². The Morgan fingerprint density at radius 1 is 1.20 bits per heavy atom. The highest BCUT2D eigenvalue weighted by Crippen LogP contribution is 2.54.